The predicted octanol–water partition coefficient (Wildman–Crippen LogP) is 4.04. The summed E-state index contributed by atoms with van der Waals surface area (Å²) in [6, 6.07) is 17.2. The van der Waals surface area contributed by atoms with E-state index in [-0.39, 0.29) is 5.84 Å². The summed E-state index contributed by atoms with van der Waals surface area (Å²) in [5, 5.41) is 13.9. The number of hydrogen-bond acceptors (Lipinski definition) is 3. The van der Waals surface area contributed by atoms with Crippen LogP contribution in [0.3, 0.4) is 0 Å². The average Bonchev–Trinajstić information content (AvgIpc) is 2.79. The highest BCUT2D eigenvalue weighted by Gasteiger charge is 2.43. The fraction of sp³-hybridized carbons (Fsp3) is 0.105. The maximum absolute atomic E-state index is 11.5. The third-order valence-corrected chi connectivity index (χ3v) is 4.59. The Labute approximate surface area is 139 Å². The summed E-state index contributed by atoms with van der Waals surface area (Å²) in [5.74, 6) is 0.172. The molecule has 0 amide bonds. The second-order valence-corrected chi connectivity index (χ2v) is 6.34. The van der Waals surface area contributed by atoms with E-state index in [2.05, 4.69) is 4.99 Å². The van der Waals surface area contributed by atoms with Crippen LogP contribution < -0.4 is 5.73 Å². The topological polar surface area (TPSA) is 58.6 Å². The molecule has 1 atom stereocenters. The largest absolute Gasteiger partial charge is 0.384 e. The molecule has 1 aliphatic rings. The molecule has 1 heterocycles. The number of nitrogens with zero attached hydrogens (tertiary/aromatic N) is 1. The van der Waals surface area contributed by atoms with Gasteiger partial charge in [-0.25, -0.2) is 4.99 Å². The summed E-state index contributed by atoms with van der Waals surface area (Å²) < 4.78 is 0. The third kappa shape index (κ3) is 1.97. The molecule has 114 valence electrons. The minimum atomic E-state index is -1.47. The number of aryl methyl sites for hydroxylation is 1. The molecular formula is C19H15ClN2O. The first kappa shape index (κ1) is 14.2. The number of aliphatic hydroxyl groups is 1. The van der Waals surface area contributed by atoms with Crippen LogP contribution in [0.4, 0.5) is 5.69 Å². The molecule has 0 saturated heterocycles. The van der Waals surface area contributed by atoms with Crippen LogP contribution in [-0.4, -0.2) is 10.9 Å². The summed E-state index contributed by atoms with van der Waals surface area (Å²) >= 11 is 6.28. The Hall–Kier alpha value is -2.36. The molecule has 0 spiro atoms. The minimum Gasteiger partial charge on any atom is -0.384 e. The Balaban J connectivity index is 2.09. The van der Waals surface area contributed by atoms with Crippen LogP contribution in [0.25, 0.3) is 10.8 Å². The number of nitrogens with two attached hydrogens (primary N) is 1. The lowest BCUT2D eigenvalue weighted by Crippen LogP contribution is -2.39. The lowest BCUT2D eigenvalue weighted by molar-refractivity contribution is 0.160. The van der Waals surface area contributed by atoms with E-state index in [1.807, 2.05) is 55.5 Å². The first-order valence-electron chi connectivity index (χ1n) is 7.37. The van der Waals surface area contributed by atoms with E-state index in [1.165, 1.54) is 0 Å². The SMILES string of the molecule is Cc1ccc2c(c1)C(O)(c1cc(Cl)cc3ccccc13)C(N)=N2. The molecule has 0 aromatic heterocycles. The second kappa shape index (κ2) is 4.82. The molecule has 4 heteroatoms. The normalized spacial score (nSPS) is 19.7. The molecule has 3 N–H and O–H groups in total. The number of amidine groups is 1. The summed E-state index contributed by atoms with van der Waals surface area (Å²) in [6.45, 7) is 1.98. The highest BCUT2D eigenvalue weighted by Crippen LogP contribution is 2.45. The fourth-order valence-electron chi connectivity index (χ4n) is 3.24. The maximum Gasteiger partial charge on any atom is 0.175 e. The summed E-state index contributed by atoms with van der Waals surface area (Å²) in [7, 11) is 0. The van der Waals surface area contributed by atoms with Gasteiger partial charge in [-0.05, 0) is 35.9 Å². The van der Waals surface area contributed by atoms with Gasteiger partial charge in [0.1, 0.15) is 5.84 Å². The van der Waals surface area contributed by atoms with Crippen molar-refractivity contribution >= 4 is 33.9 Å². The van der Waals surface area contributed by atoms with Gasteiger partial charge in [0.15, 0.2) is 5.60 Å². The van der Waals surface area contributed by atoms with Crippen molar-refractivity contribution in [2.75, 3.05) is 0 Å². The van der Waals surface area contributed by atoms with Crippen molar-refractivity contribution in [3.05, 3.63) is 76.3 Å². The van der Waals surface area contributed by atoms with Crippen molar-refractivity contribution in [3.63, 3.8) is 0 Å². The van der Waals surface area contributed by atoms with Gasteiger partial charge in [-0.1, -0.05) is 53.6 Å². The van der Waals surface area contributed by atoms with Gasteiger partial charge in [0.05, 0.1) is 5.69 Å². The van der Waals surface area contributed by atoms with Gasteiger partial charge in [-0.3, -0.25) is 0 Å². The van der Waals surface area contributed by atoms with E-state index in [9.17, 15) is 5.11 Å². The Bertz CT molecular complexity index is 980. The predicted molar refractivity (Wildman–Crippen MR) is 94.4 cm³/mol. The van der Waals surface area contributed by atoms with Crippen LogP contribution in [-0.2, 0) is 5.60 Å². The number of hydrogen-bond donors (Lipinski definition) is 2. The van der Waals surface area contributed by atoms with Gasteiger partial charge >= 0.3 is 0 Å². The van der Waals surface area contributed by atoms with Gasteiger partial charge in [0.2, 0.25) is 0 Å². The van der Waals surface area contributed by atoms with Gasteiger partial charge in [0.25, 0.3) is 0 Å². The number of aliphatic imine (C=N–C) groups is 1. The van der Waals surface area contributed by atoms with Gasteiger partial charge in [-0.2, -0.15) is 0 Å². The highest BCUT2D eigenvalue weighted by atomic mass is 35.5. The molecule has 23 heavy (non-hydrogen) atoms. The lowest BCUT2D eigenvalue weighted by atomic mass is 9.83. The molecule has 3 aromatic rings. The zero-order chi connectivity index (χ0) is 16.2. The summed E-state index contributed by atoms with van der Waals surface area (Å²) in [4.78, 5) is 4.36. The molecule has 0 fully saturated rings. The van der Waals surface area contributed by atoms with E-state index in [0.717, 1.165) is 16.3 Å². The third-order valence-electron chi connectivity index (χ3n) is 4.37. The number of benzene rings is 3. The molecule has 3 aromatic carbocycles. The Morgan fingerprint density at radius 1 is 1.04 bits per heavy atom. The first-order valence-corrected chi connectivity index (χ1v) is 7.75. The van der Waals surface area contributed by atoms with Crippen LogP contribution in [0.15, 0.2) is 59.6 Å². The molecule has 3 nitrogen and oxygen atoms in total. The van der Waals surface area contributed by atoms with E-state index in [4.69, 9.17) is 17.3 Å². The first-order chi connectivity index (χ1) is 11.0. The second-order valence-electron chi connectivity index (χ2n) is 5.90. The van der Waals surface area contributed by atoms with Crippen LogP contribution in [0.2, 0.25) is 5.02 Å². The summed E-state index contributed by atoms with van der Waals surface area (Å²) in [6.07, 6.45) is 0. The van der Waals surface area contributed by atoms with E-state index < -0.39 is 5.60 Å². The monoisotopic (exact) mass is 322 g/mol. The number of halogens is 1. The molecule has 1 unspecified atom stereocenters. The van der Waals surface area contributed by atoms with Crippen molar-refractivity contribution in [2.24, 2.45) is 10.7 Å². The van der Waals surface area contributed by atoms with Crippen molar-refractivity contribution in [1.29, 1.82) is 0 Å². The molecule has 0 aliphatic carbocycles. The van der Waals surface area contributed by atoms with Crippen LogP contribution in [0.5, 0.6) is 0 Å². The molecule has 0 saturated carbocycles. The van der Waals surface area contributed by atoms with E-state index in [1.54, 1.807) is 6.07 Å². The number of fused-ring (bicyclic) bond motifs is 2. The maximum atomic E-state index is 11.5. The quantitative estimate of drug-likeness (QED) is 0.710. The molecule has 1 aliphatic heterocycles. The number of rotatable bonds is 1. The smallest absolute Gasteiger partial charge is 0.175 e. The zero-order valence-electron chi connectivity index (χ0n) is 12.5. The van der Waals surface area contributed by atoms with Crippen LogP contribution in [0.1, 0.15) is 16.7 Å². The zero-order valence-corrected chi connectivity index (χ0v) is 13.3. The summed E-state index contributed by atoms with van der Waals surface area (Å²) in [5.41, 5.74) is 7.77. The minimum absolute atomic E-state index is 0.172. The van der Waals surface area contributed by atoms with Gasteiger partial charge in [-0.15, -0.1) is 0 Å². The van der Waals surface area contributed by atoms with Gasteiger partial charge in [0, 0.05) is 16.1 Å². The van der Waals surface area contributed by atoms with E-state index in [0.29, 0.717) is 21.8 Å². The average molecular weight is 323 g/mol. The Morgan fingerprint density at radius 3 is 2.65 bits per heavy atom. The van der Waals surface area contributed by atoms with Gasteiger partial charge < -0.3 is 10.8 Å². The van der Waals surface area contributed by atoms with Crippen molar-refractivity contribution in [3.8, 4) is 0 Å². The van der Waals surface area contributed by atoms with Crippen molar-refractivity contribution in [2.45, 2.75) is 12.5 Å². The van der Waals surface area contributed by atoms with Crippen LogP contribution in [0, 0.1) is 6.92 Å². The van der Waals surface area contributed by atoms with Crippen molar-refractivity contribution in [1.82, 2.24) is 0 Å². The molecule has 4 rings (SSSR count). The molecule has 0 bridgehead atoms. The molecular weight excluding hydrogens is 308 g/mol. The lowest BCUT2D eigenvalue weighted by Gasteiger charge is -2.26. The molecule has 0 radical (unpaired) electrons. The fourth-order valence-corrected chi connectivity index (χ4v) is 3.47. The highest BCUT2D eigenvalue weighted by molar-refractivity contribution is 6.31. The van der Waals surface area contributed by atoms with E-state index >= 15 is 0 Å². The van der Waals surface area contributed by atoms with Crippen molar-refractivity contribution < 1.29 is 5.11 Å². The Morgan fingerprint density at radius 2 is 1.83 bits per heavy atom. The Kier molecular flexibility index (Phi) is 2.98. The standard InChI is InChI=1S/C19H15ClN2O/c1-11-6-7-17-16(8-11)19(23,18(21)22-17)15-10-13(20)9-12-4-2-3-5-14(12)15/h2-10,23H,1H3,(H2,21,22). The van der Waals surface area contributed by atoms with Crippen LogP contribution >= 0.6 is 11.6 Å².